The Morgan fingerprint density at radius 2 is 1.70 bits per heavy atom. The predicted molar refractivity (Wildman–Crippen MR) is 111 cm³/mol. The quantitative estimate of drug-likeness (QED) is 0.419. The standard InChI is InChI=1S/C24H27N2O/c1-6-17(7-2)18-10-13-21(26(5)14-18)22-15(3)8-11-19-20-12-9-16(4)25-24(20)27-23(19)22/h8-14,17H,6-7H2,1-5H3/q+1. The third kappa shape index (κ3) is 2.91. The molecule has 0 amide bonds. The van der Waals surface area contributed by atoms with Crippen molar-refractivity contribution in [2.75, 3.05) is 0 Å². The van der Waals surface area contributed by atoms with Crippen LogP contribution in [0.1, 0.15) is 49.4 Å². The van der Waals surface area contributed by atoms with E-state index >= 15 is 0 Å². The summed E-state index contributed by atoms with van der Waals surface area (Å²) in [6.07, 6.45) is 4.61. The molecular weight excluding hydrogens is 332 g/mol. The first kappa shape index (κ1) is 17.7. The van der Waals surface area contributed by atoms with E-state index < -0.39 is 0 Å². The molecule has 0 atom stereocenters. The number of aryl methyl sites for hydroxylation is 3. The first-order valence-corrected chi connectivity index (χ1v) is 9.82. The first-order valence-electron chi connectivity index (χ1n) is 9.82. The van der Waals surface area contributed by atoms with Gasteiger partial charge in [-0.15, -0.1) is 0 Å². The SMILES string of the molecule is CCC(CC)c1ccc(-c2c(C)ccc3c2oc2nc(C)ccc23)[n+](C)c1. The lowest BCUT2D eigenvalue weighted by atomic mass is 9.94. The fourth-order valence-corrected chi connectivity index (χ4v) is 4.12. The zero-order valence-corrected chi connectivity index (χ0v) is 16.8. The van der Waals surface area contributed by atoms with E-state index in [0.29, 0.717) is 11.6 Å². The van der Waals surface area contributed by atoms with Gasteiger partial charge in [-0.2, -0.15) is 0 Å². The Bertz CT molecular complexity index is 1140. The van der Waals surface area contributed by atoms with Crippen molar-refractivity contribution in [3.8, 4) is 11.3 Å². The summed E-state index contributed by atoms with van der Waals surface area (Å²) in [5.74, 6) is 0.612. The van der Waals surface area contributed by atoms with Gasteiger partial charge in [0.1, 0.15) is 7.05 Å². The van der Waals surface area contributed by atoms with E-state index in [1.54, 1.807) is 0 Å². The highest BCUT2D eigenvalue weighted by molar-refractivity contribution is 6.08. The van der Waals surface area contributed by atoms with Crippen LogP contribution in [0.5, 0.6) is 0 Å². The van der Waals surface area contributed by atoms with Crippen LogP contribution in [0.3, 0.4) is 0 Å². The molecule has 3 heteroatoms. The monoisotopic (exact) mass is 359 g/mol. The highest BCUT2D eigenvalue weighted by Crippen LogP contribution is 2.36. The van der Waals surface area contributed by atoms with Crippen molar-refractivity contribution in [2.45, 2.75) is 46.5 Å². The molecule has 3 nitrogen and oxygen atoms in total. The van der Waals surface area contributed by atoms with Crippen LogP contribution in [0.25, 0.3) is 33.3 Å². The van der Waals surface area contributed by atoms with E-state index in [1.807, 2.05) is 13.0 Å². The Labute approximate surface area is 160 Å². The molecule has 4 rings (SSSR count). The normalized spacial score (nSPS) is 11.8. The second-order valence-corrected chi connectivity index (χ2v) is 7.51. The molecule has 1 aromatic carbocycles. The molecule has 138 valence electrons. The Hall–Kier alpha value is -2.68. The van der Waals surface area contributed by atoms with Gasteiger partial charge in [-0.1, -0.05) is 26.0 Å². The molecule has 3 heterocycles. The fourth-order valence-electron chi connectivity index (χ4n) is 4.12. The summed E-state index contributed by atoms with van der Waals surface area (Å²) in [5, 5.41) is 2.20. The van der Waals surface area contributed by atoms with E-state index in [4.69, 9.17) is 4.42 Å². The van der Waals surface area contributed by atoms with Crippen molar-refractivity contribution in [3.05, 3.63) is 59.4 Å². The Kier molecular flexibility index (Phi) is 4.47. The molecule has 0 bridgehead atoms. The minimum atomic E-state index is 0.612. The lowest BCUT2D eigenvalue weighted by Crippen LogP contribution is -2.31. The van der Waals surface area contributed by atoms with E-state index in [9.17, 15) is 0 Å². The number of aromatic nitrogens is 2. The average Bonchev–Trinajstić information content (AvgIpc) is 3.01. The van der Waals surface area contributed by atoms with Gasteiger partial charge in [0, 0.05) is 28.1 Å². The lowest BCUT2D eigenvalue weighted by Gasteiger charge is -2.12. The summed E-state index contributed by atoms with van der Waals surface area (Å²) in [6, 6.07) is 13.0. The molecule has 0 saturated heterocycles. The summed E-state index contributed by atoms with van der Waals surface area (Å²) < 4.78 is 8.49. The molecule has 3 aromatic heterocycles. The highest BCUT2D eigenvalue weighted by atomic mass is 16.3. The minimum Gasteiger partial charge on any atom is -0.437 e. The van der Waals surface area contributed by atoms with E-state index in [1.165, 1.54) is 29.7 Å². The highest BCUT2D eigenvalue weighted by Gasteiger charge is 2.22. The van der Waals surface area contributed by atoms with Gasteiger partial charge in [0.15, 0.2) is 11.8 Å². The number of benzene rings is 1. The molecule has 0 aliphatic heterocycles. The van der Waals surface area contributed by atoms with Gasteiger partial charge in [-0.05, 0) is 56.4 Å². The number of nitrogens with zero attached hydrogens (tertiary/aromatic N) is 2. The molecule has 0 aliphatic rings. The number of hydrogen-bond acceptors (Lipinski definition) is 2. The van der Waals surface area contributed by atoms with Crippen molar-refractivity contribution in [1.29, 1.82) is 0 Å². The van der Waals surface area contributed by atoms with Crippen molar-refractivity contribution in [1.82, 2.24) is 4.98 Å². The molecule has 4 aromatic rings. The van der Waals surface area contributed by atoms with Gasteiger partial charge in [-0.25, -0.2) is 9.55 Å². The van der Waals surface area contributed by atoms with Crippen LogP contribution in [-0.4, -0.2) is 4.98 Å². The van der Waals surface area contributed by atoms with Gasteiger partial charge < -0.3 is 4.42 Å². The van der Waals surface area contributed by atoms with Crippen molar-refractivity contribution in [2.24, 2.45) is 7.05 Å². The summed E-state index contributed by atoms with van der Waals surface area (Å²) >= 11 is 0. The van der Waals surface area contributed by atoms with Gasteiger partial charge in [0.05, 0.1) is 5.56 Å². The molecular formula is C24H27N2O+. The van der Waals surface area contributed by atoms with Crippen LogP contribution in [0.2, 0.25) is 0 Å². The Morgan fingerprint density at radius 1 is 0.963 bits per heavy atom. The summed E-state index contributed by atoms with van der Waals surface area (Å²) in [7, 11) is 2.13. The number of hydrogen-bond donors (Lipinski definition) is 0. The smallest absolute Gasteiger partial charge is 0.227 e. The molecule has 0 spiro atoms. The maximum atomic E-state index is 6.25. The fraction of sp³-hybridized carbons (Fsp3) is 0.333. The van der Waals surface area contributed by atoms with Crippen LogP contribution in [-0.2, 0) is 7.05 Å². The van der Waals surface area contributed by atoms with Gasteiger partial charge in [-0.3, -0.25) is 0 Å². The first-order chi connectivity index (χ1) is 13.0. The van der Waals surface area contributed by atoms with Crippen LogP contribution in [0.4, 0.5) is 0 Å². The minimum absolute atomic E-state index is 0.612. The van der Waals surface area contributed by atoms with Gasteiger partial charge in [0.25, 0.3) is 0 Å². The van der Waals surface area contributed by atoms with Crippen LogP contribution < -0.4 is 4.57 Å². The van der Waals surface area contributed by atoms with Crippen molar-refractivity contribution < 1.29 is 8.98 Å². The number of furan rings is 1. The molecule has 0 saturated carbocycles. The summed E-state index contributed by atoms with van der Waals surface area (Å²) in [6.45, 7) is 8.66. The summed E-state index contributed by atoms with van der Waals surface area (Å²) in [4.78, 5) is 4.59. The second kappa shape index (κ2) is 6.80. The third-order valence-corrected chi connectivity index (χ3v) is 5.72. The Morgan fingerprint density at radius 3 is 2.41 bits per heavy atom. The largest absolute Gasteiger partial charge is 0.437 e. The van der Waals surface area contributed by atoms with E-state index in [-0.39, 0.29) is 0 Å². The molecule has 0 N–H and O–H groups in total. The Balaban J connectivity index is 1.96. The number of rotatable bonds is 4. The van der Waals surface area contributed by atoms with E-state index in [0.717, 1.165) is 27.6 Å². The number of pyridine rings is 2. The van der Waals surface area contributed by atoms with Crippen molar-refractivity contribution in [3.63, 3.8) is 0 Å². The molecule has 0 radical (unpaired) electrons. The van der Waals surface area contributed by atoms with Crippen LogP contribution in [0, 0.1) is 13.8 Å². The number of fused-ring (bicyclic) bond motifs is 3. The third-order valence-electron chi connectivity index (χ3n) is 5.72. The zero-order valence-electron chi connectivity index (χ0n) is 16.8. The molecule has 0 aliphatic carbocycles. The maximum absolute atomic E-state index is 6.25. The van der Waals surface area contributed by atoms with Gasteiger partial charge in [0.2, 0.25) is 11.4 Å². The molecule has 0 unspecified atom stereocenters. The van der Waals surface area contributed by atoms with E-state index in [2.05, 4.69) is 73.9 Å². The lowest BCUT2D eigenvalue weighted by molar-refractivity contribution is -0.660. The zero-order chi connectivity index (χ0) is 19.1. The molecule has 27 heavy (non-hydrogen) atoms. The van der Waals surface area contributed by atoms with Crippen LogP contribution in [0.15, 0.2) is 47.0 Å². The predicted octanol–water partition coefficient (Wildman–Crippen LogP) is 5.99. The summed E-state index contributed by atoms with van der Waals surface area (Å²) in [5.41, 5.74) is 7.55. The topological polar surface area (TPSA) is 29.9 Å². The second-order valence-electron chi connectivity index (χ2n) is 7.51. The molecule has 0 fully saturated rings. The van der Waals surface area contributed by atoms with Crippen LogP contribution >= 0.6 is 0 Å². The van der Waals surface area contributed by atoms with Crippen molar-refractivity contribution >= 4 is 22.1 Å². The average molecular weight is 359 g/mol. The van der Waals surface area contributed by atoms with Gasteiger partial charge >= 0.3 is 0 Å². The maximum Gasteiger partial charge on any atom is 0.227 e.